The molecule has 0 spiro atoms. The van der Waals surface area contributed by atoms with Crippen molar-refractivity contribution in [3.05, 3.63) is 41.4 Å². The highest BCUT2D eigenvalue weighted by molar-refractivity contribution is 5.99. The third-order valence-electron chi connectivity index (χ3n) is 5.98. The molecule has 1 aliphatic rings. The second-order valence-electron chi connectivity index (χ2n) is 8.65. The van der Waals surface area contributed by atoms with Crippen LogP contribution in [0.4, 0.5) is 13.2 Å². The average molecular weight is 505 g/mol. The van der Waals surface area contributed by atoms with Gasteiger partial charge in [-0.05, 0) is 51.0 Å². The van der Waals surface area contributed by atoms with Crippen molar-refractivity contribution in [1.29, 1.82) is 0 Å². The lowest BCUT2D eigenvalue weighted by Gasteiger charge is -2.20. The summed E-state index contributed by atoms with van der Waals surface area (Å²) < 4.78 is 50.8. The molecule has 0 aliphatic carbocycles. The molecule has 0 saturated carbocycles. The summed E-state index contributed by atoms with van der Waals surface area (Å²) in [5, 5.41) is 2.93. The molecule has 12 heteroatoms. The number of alkyl halides is 3. The van der Waals surface area contributed by atoms with Gasteiger partial charge in [-0.2, -0.15) is 13.2 Å². The van der Waals surface area contributed by atoms with Crippen LogP contribution in [-0.4, -0.2) is 52.9 Å². The van der Waals surface area contributed by atoms with E-state index in [1.165, 1.54) is 19.2 Å². The normalized spacial score (nSPS) is 15.7. The number of aromatic nitrogens is 2. The van der Waals surface area contributed by atoms with E-state index in [1.807, 2.05) is 0 Å². The van der Waals surface area contributed by atoms with Gasteiger partial charge in [-0.1, -0.05) is 0 Å². The number of halogens is 3. The molecule has 1 fully saturated rings. The quantitative estimate of drug-likeness (QED) is 0.524. The number of hydrogen-bond donors (Lipinski definition) is 2. The van der Waals surface area contributed by atoms with E-state index >= 15 is 0 Å². The van der Waals surface area contributed by atoms with Crippen LogP contribution < -0.4 is 15.8 Å². The maximum atomic E-state index is 13.2. The number of likely N-dealkylation sites (tertiary alicyclic amines) is 1. The van der Waals surface area contributed by atoms with E-state index in [0.717, 1.165) is 18.9 Å². The predicted octanol–water partition coefficient (Wildman–Crippen LogP) is 3.68. The Morgan fingerprint density at radius 1 is 1.14 bits per heavy atom. The number of nitrogens with zero attached hydrogens (tertiary/aromatic N) is 3. The second-order valence-corrected chi connectivity index (χ2v) is 8.65. The topological polar surface area (TPSA) is 124 Å². The Labute approximate surface area is 204 Å². The van der Waals surface area contributed by atoms with Crippen LogP contribution in [0.2, 0.25) is 0 Å². The number of ether oxygens (including phenoxy) is 1. The molecule has 2 amide bonds. The number of amides is 2. The Bertz CT molecular complexity index is 1300. The second kappa shape index (κ2) is 9.76. The smallest absolute Gasteiger partial charge is 0.433 e. The molecule has 1 aromatic carbocycles. The molecule has 2 aromatic heterocycles. The summed E-state index contributed by atoms with van der Waals surface area (Å²) >= 11 is 0. The highest BCUT2D eigenvalue weighted by Crippen LogP contribution is 2.37. The fraction of sp³-hybridized carbons (Fsp3) is 0.417. The van der Waals surface area contributed by atoms with Gasteiger partial charge in [0.2, 0.25) is 11.8 Å². The Hall–Kier alpha value is -3.67. The lowest BCUT2D eigenvalue weighted by molar-refractivity contribution is -0.141. The van der Waals surface area contributed by atoms with Crippen LogP contribution in [0, 0.1) is 0 Å². The molecule has 192 valence electrons. The zero-order valence-corrected chi connectivity index (χ0v) is 20.0. The van der Waals surface area contributed by atoms with Gasteiger partial charge in [0, 0.05) is 24.0 Å². The fourth-order valence-electron chi connectivity index (χ4n) is 4.16. The van der Waals surface area contributed by atoms with Crippen LogP contribution in [0.1, 0.15) is 54.7 Å². The van der Waals surface area contributed by atoms with E-state index in [0.29, 0.717) is 18.7 Å². The number of benzene rings is 1. The van der Waals surface area contributed by atoms with Gasteiger partial charge in [-0.3, -0.25) is 9.59 Å². The minimum Gasteiger partial charge on any atom is -0.494 e. The molecule has 0 radical (unpaired) electrons. The van der Waals surface area contributed by atoms with E-state index < -0.39 is 29.9 Å². The van der Waals surface area contributed by atoms with E-state index in [4.69, 9.17) is 14.9 Å². The van der Waals surface area contributed by atoms with Crippen LogP contribution in [0.25, 0.3) is 22.4 Å². The van der Waals surface area contributed by atoms with Gasteiger partial charge in [-0.15, -0.1) is 0 Å². The van der Waals surface area contributed by atoms with Crippen molar-refractivity contribution in [2.45, 2.75) is 44.9 Å². The molecule has 0 bridgehead atoms. The monoisotopic (exact) mass is 505 g/mol. The minimum atomic E-state index is -4.64. The van der Waals surface area contributed by atoms with Gasteiger partial charge in [0.15, 0.2) is 11.5 Å². The van der Waals surface area contributed by atoms with Crippen LogP contribution in [-0.2, 0) is 11.0 Å². The Balaban J connectivity index is 1.72. The van der Waals surface area contributed by atoms with Crippen molar-refractivity contribution in [3.63, 3.8) is 0 Å². The molecule has 4 rings (SSSR count). The van der Waals surface area contributed by atoms with Gasteiger partial charge in [-0.25, -0.2) is 9.97 Å². The number of hydrogen-bond acceptors (Lipinski definition) is 7. The summed E-state index contributed by atoms with van der Waals surface area (Å²) in [5.41, 5.74) is 5.09. The largest absolute Gasteiger partial charge is 0.494 e. The van der Waals surface area contributed by atoms with Gasteiger partial charge in [0.05, 0.1) is 13.2 Å². The van der Waals surface area contributed by atoms with Gasteiger partial charge < -0.3 is 25.1 Å². The molecule has 1 saturated heterocycles. The Morgan fingerprint density at radius 2 is 1.83 bits per heavy atom. The van der Waals surface area contributed by atoms with Crippen LogP contribution in [0.15, 0.2) is 28.7 Å². The summed E-state index contributed by atoms with van der Waals surface area (Å²) in [7, 11) is 1.32. The van der Waals surface area contributed by atoms with Crippen molar-refractivity contribution in [1.82, 2.24) is 20.2 Å². The SMILES string of the molecule is COc1ccc(-c2nc(C(=O)N[C@H](C)C(=O)N3CCCC3)c([C@H](C)N)o2)c2ccc(C(F)(F)F)nc12. The van der Waals surface area contributed by atoms with Crippen molar-refractivity contribution >= 4 is 22.7 Å². The molecule has 1 aliphatic heterocycles. The van der Waals surface area contributed by atoms with E-state index in [2.05, 4.69) is 15.3 Å². The zero-order chi connectivity index (χ0) is 26.2. The molecular formula is C24H26F3N5O4. The first-order valence-corrected chi connectivity index (χ1v) is 11.4. The maximum absolute atomic E-state index is 13.2. The first-order chi connectivity index (χ1) is 17.0. The number of carbonyl (C=O) groups excluding carboxylic acids is 2. The molecule has 9 nitrogen and oxygen atoms in total. The van der Waals surface area contributed by atoms with Crippen molar-refractivity contribution in [2.24, 2.45) is 5.73 Å². The number of nitrogens with one attached hydrogen (secondary N) is 1. The first kappa shape index (κ1) is 25.4. The average Bonchev–Trinajstić information content (AvgIpc) is 3.52. The van der Waals surface area contributed by atoms with Crippen LogP contribution >= 0.6 is 0 Å². The maximum Gasteiger partial charge on any atom is 0.433 e. The Kier molecular flexibility index (Phi) is 6.90. The van der Waals surface area contributed by atoms with E-state index in [1.54, 1.807) is 24.8 Å². The first-order valence-electron chi connectivity index (χ1n) is 11.4. The summed E-state index contributed by atoms with van der Waals surface area (Å²) in [6.07, 6.45) is -2.80. The highest BCUT2D eigenvalue weighted by atomic mass is 19.4. The summed E-state index contributed by atoms with van der Waals surface area (Å²) in [4.78, 5) is 35.4. The lowest BCUT2D eigenvalue weighted by atomic mass is 10.1. The predicted molar refractivity (Wildman–Crippen MR) is 124 cm³/mol. The van der Waals surface area contributed by atoms with Gasteiger partial charge in [0.1, 0.15) is 23.0 Å². The van der Waals surface area contributed by atoms with Gasteiger partial charge >= 0.3 is 6.18 Å². The van der Waals surface area contributed by atoms with Crippen LogP contribution in [0.5, 0.6) is 5.75 Å². The number of methoxy groups -OCH3 is 1. The lowest BCUT2D eigenvalue weighted by Crippen LogP contribution is -2.46. The zero-order valence-electron chi connectivity index (χ0n) is 20.0. The van der Waals surface area contributed by atoms with Gasteiger partial charge in [0.25, 0.3) is 5.91 Å². The summed E-state index contributed by atoms with van der Waals surface area (Å²) in [5.74, 6) is -0.661. The third kappa shape index (κ3) is 4.85. The van der Waals surface area contributed by atoms with Crippen LogP contribution in [0.3, 0.4) is 0 Å². The molecular weight excluding hydrogens is 479 g/mol. The van der Waals surface area contributed by atoms with E-state index in [-0.39, 0.29) is 39.9 Å². The fourth-order valence-corrected chi connectivity index (χ4v) is 4.16. The molecule has 3 aromatic rings. The standard InChI is InChI=1S/C24H26F3N5O4/c1-12(28)20-19(21(33)29-13(2)23(34)32-10-4-5-11-32)31-22(36-20)15-6-8-16(35-3)18-14(15)7-9-17(30-18)24(25,26)27/h6-9,12-13H,4-5,10-11,28H2,1-3H3,(H,29,33)/t12-,13+/m0/s1. The number of carbonyl (C=O) groups is 2. The number of fused-ring (bicyclic) bond motifs is 1. The molecule has 2 atom stereocenters. The number of nitrogens with two attached hydrogens (primary N) is 1. The van der Waals surface area contributed by atoms with E-state index in [9.17, 15) is 22.8 Å². The van der Waals surface area contributed by atoms with Crippen molar-refractivity contribution in [2.75, 3.05) is 20.2 Å². The summed E-state index contributed by atoms with van der Waals surface area (Å²) in [6, 6.07) is 3.57. The molecule has 36 heavy (non-hydrogen) atoms. The Morgan fingerprint density at radius 3 is 2.44 bits per heavy atom. The third-order valence-corrected chi connectivity index (χ3v) is 5.98. The number of pyridine rings is 1. The minimum absolute atomic E-state index is 0.0276. The summed E-state index contributed by atoms with van der Waals surface area (Å²) in [6.45, 7) is 4.48. The number of oxazole rings is 1. The van der Waals surface area contributed by atoms with Crippen molar-refractivity contribution < 1.29 is 31.9 Å². The molecule has 3 heterocycles. The van der Waals surface area contributed by atoms with Crippen molar-refractivity contribution in [3.8, 4) is 17.2 Å². The highest BCUT2D eigenvalue weighted by Gasteiger charge is 2.33. The molecule has 3 N–H and O–H groups in total. The number of rotatable bonds is 6. The molecule has 0 unspecified atom stereocenters.